The van der Waals surface area contributed by atoms with Crippen molar-refractivity contribution in [1.29, 1.82) is 0 Å². The van der Waals surface area contributed by atoms with Crippen LogP contribution in [0.2, 0.25) is 10.0 Å². The van der Waals surface area contributed by atoms with E-state index < -0.39 is 0 Å². The number of benzene rings is 1. The molecule has 1 aromatic rings. The summed E-state index contributed by atoms with van der Waals surface area (Å²) in [6.45, 7) is 6.08. The van der Waals surface area contributed by atoms with Gasteiger partial charge in [-0.15, -0.1) is 0 Å². The lowest BCUT2D eigenvalue weighted by Gasteiger charge is -2.29. The van der Waals surface area contributed by atoms with Gasteiger partial charge in [0.05, 0.1) is 5.02 Å². The molecule has 1 aromatic carbocycles. The van der Waals surface area contributed by atoms with Crippen LogP contribution in [0.4, 0.5) is 0 Å². The summed E-state index contributed by atoms with van der Waals surface area (Å²) in [5.74, 6) is 0. The van der Waals surface area contributed by atoms with Crippen LogP contribution < -0.4 is 0 Å². The van der Waals surface area contributed by atoms with Crippen molar-refractivity contribution in [2.75, 3.05) is 7.05 Å². The second kappa shape index (κ2) is 4.59. The summed E-state index contributed by atoms with van der Waals surface area (Å²) >= 11 is 12.1. The van der Waals surface area contributed by atoms with Gasteiger partial charge in [0, 0.05) is 29.0 Å². The lowest BCUT2D eigenvalue weighted by atomic mass is 10.0. The maximum absolute atomic E-state index is 6.21. The molecule has 0 radical (unpaired) electrons. The van der Waals surface area contributed by atoms with E-state index in [9.17, 15) is 0 Å². The number of halogens is 2. The van der Waals surface area contributed by atoms with Gasteiger partial charge in [0.15, 0.2) is 0 Å². The molecule has 0 bridgehead atoms. The summed E-state index contributed by atoms with van der Waals surface area (Å²) in [6, 6.07) is 5.52. The quantitative estimate of drug-likeness (QED) is 0.709. The average Bonchev–Trinajstić information content (AvgIpc) is 2.28. The Hall–Kier alpha value is -1.18. The maximum atomic E-state index is 6.21. The SMILES string of the molecule is C=C1C(C)=CC=C(c2ccc(Cl)cc2Cl)N1C. The van der Waals surface area contributed by atoms with Crippen LogP contribution in [0.1, 0.15) is 12.5 Å². The van der Waals surface area contributed by atoms with Crippen molar-refractivity contribution in [3.8, 4) is 0 Å². The zero-order valence-electron chi connectivity index (χ0n) is 9.80. The molecule has 0 spiro atoms. The third kappa shape index (κ3) is 2.26. The van der Waals surface area contributed by atoms with E-state index in [-0.39, 0.29) is 0 Å². The van der Waals surface area contributed by atoms with E-state index in [0.717, 1.165) is 22.5 Å². The van der Waals surface area contributed by atoms with Crippen molar-refractivity contribution in [3.63, 3.8) is 0 Å². The third-order valence-electron chi connectivity index (χ3n) is 2.92. The van der Waals surface area contributed by atoms with Crippen LogP contribution in [-0.2, 0) is 0 Å². The molecular formula is C14H13Cl2N. The molecule has 0 saturated heterocycles. The van der Waals surface area contributed by atoms with Crippen molar-refractivity contribution in [2.45, 2.75) is 6.92 Å². The first-order valence-corrected chi connectivity index (χ1v) is 6.03. The van der Waals surface area contributed by atoms with Crippen molar-refractivity contribution in [1.82, 2.24) is 4.90 Å². The van der Waals surface area contributed by atoms with Crippen molar-refractivity contribution >= 4 is 28.9 Å². The molecule has 0 N–H and O–H groups in total. The molecule has 0 amide bonds. The van der Waals surface area contributed by atoms with E-state index >= 15 is 0 Å². The van der Waals surface area contributed by atoms with E-state index in [2.05, 4.69) is 6.58 Å². The van der Waals surface area contributed by atoms with Crippen LogP contribution in [0.3, 0.4) is 0 Å². The number of likely N-dealkylation sites (N-methyl/N-ethyl adjacent to an activating group) is 1. The number of rotatable bonds is 1. The monoisotopic (exact) mass is 265 g/mol. The summed E-state index contributed by atoms with van der Waals surface area (Å²) in [7, 11) is 1.98. The first kappa shape index (κ1) is 12.3. The first-order chi connectivity index (χ1) is 8.00. The predicted molar refractivity (Wildman–Crippen MR) is 75.1 cm³/mol. The molecule has 3 heteroatoms. The van der Waals surface area contributed by atoms with Gasteiger partial charge in [-0.1, -0.05) is 35.9 Å². The van der Waals surface area contributed by atoms with Gasteiger partial charge in [-0.2, -0.15) is 0 Å². The van der Waals surface area contributed by atoms with E-state index in [1.165, 1.54) is 0 Å². The minimum atomic E-state index is 0.642. The van der Waals surface area contributed by atoms with Crippen LogP contribution >= 0.6 is 23.2 Å². The normalized spacial score (nSPS) is 15.8. The van der Waals surface area contributed by atoms with Crippen LogP contribution in [-0.4, -0.2) is 11.9 Å². The predicted octanol–water partition coefficient (Wildman–Crippen LogP) is 4.74. The summed E-state index contributed by atoms with van der Waals surface area (Å²) in [5.41, 5.74) is 4.13. The molecule has 0 fully saturated rings. The lowest BCUT2D eigenvalue weighted by Crippen LogP contribution is -2.18. The van der Waals surface area contributed by atoms with Gasteiger partial charge in [-0.3, -0.25) is 0 Å². The summed E-state index contributed by atoms with van der Waals surface area (Å²) in [6.07, 6.45) is 4.09. The van der Waals surface area contributed by atoms with E-state index in [1.54, 1.807) is 6.07 Å². The number of allylic oxidation sites excluding steroid dienone is 3. The highest BCUT2D eigenvalue weighted by atomic mass is 35.5. The Bertz CT molecular complexity index is 541. The van der Waals surface area contributed by atoms with Gasteiger partial charge in [-0.05, 0) is 36.8 Å². The molecule has 0 unspecified atom stereocenters. The zero-order valence-corrected chi connectivity index (χ0v) is 11.3. The molecule has 0 atom stereocenters. The standard InChI is InChI=1S/C14H13Cl2N/c1-9-4-7-14(17(3)10(9)2)12-6-5-11(15)8-13(12)16/h4-8H,2H2,1,3H3. The molecule has 0 aliphatic carbocycles. The van der Waals surface area contributed by atoms with Gasteiger partial charge < -0.3 is 4.90 Å². The Morgan fingerprint density at radius 2 is 1.88 bits per heavy atom. The number of hydrogen-bond acceptors (Lipinski definition) is 1. The maximum Gasteiger partial charge on any atom is 0.0514 e. The average molecular weight is 266 g/mol. The topological polar surface area (TPSA) is 3.24 Å². The van der Waals surface area contributed by atoms with Crippen LogP contribution in [0.5, 0.6) is 0 Å². The second-order valence-corrected chi connectivity index (χ2v) is 4.88. The Morgan fingerprint density at radius 3 is 2.53 bits per heavy atom. The molecule has 1 aliphatic rings. The van der Waals surface area contributed by atoms with Crippen LogP contribution in [0.25, 0.3) is 5.70 Å². The van der Waals surface area contributed by atoms with Crippen LogP contribution in [0, 0.1) is 0 Å². The number of hydrogen-bond donors (Lipinski definition) is 0. The Kier molecular flexibility index (Phi) is 3.32. The highest BCUT2D eigenvalue weighted by Gasteiger charge is 2.17. The molecule has 1 aliphatic heterocycles. The Balaban J connectivity index is 2.51. The minimum Gasteiger partial charge on any atom is -0.344 e. The van der Waals surface area contributed by atoms with Gasteiger partial charge in [-0.25, -0.2) is 0 Å². The zero-order chi connectivity index (χ0) is 12.6. The molecule has 0 saturated carbocycles. The van der Waals surface area contributed by atoms with Gasteiger partial charge in [0.1, 0.15) is 0 Å². The summed E-state index contributed by atoms with van der Waals surface area (Å²) in [5, 5.41) is 1.29. The smallest absolute Gasteiger partial charge is 0.0514 e. The van der Waals surface area contributed by atoms with Gasteiger partial charge in [0.25, 0.3) is 0 Å². The molecule has 2 rings (SSSR count). The Morgan fingerprint density at radius 1 is 1.18 bits per heavy atom. The molecule has 0 aromatic heterocycles. The lowest BCUT2D eigenvalue weighted by molar-refractivity contribution is 0.603. The van der Waals surface area contributed by atoms with Gasteiger partial charge in [0.2, 0.25) is 0 Å². The highest BCUT2D eigenvalue weighted by molar-refractivity contribution is 6.35. The Labute approximate surface area is 112 Å². The van der Waals surface area contributed by atoms with E-state index in [0.29, 0.717) is 10.0 Å². The minimum absolute atomic E-state index is 0.642. The largest absolute Gasteiger partial charge is 0.344 e. The second-order valence-electron chi connectivity index (χ2n) is 4.03. The van der Waals surface area contributed by atoms with Crippen molar-refractivity contribution in [3.05, 3.63) is 63.8 Å². The fraction of sp³-hybridized carbons (Fsp3) is 0.143. The molecular weight excluding hydrogens is 253 g/mol. The summed E-state index contributed by atoms with van der Waals surface area (Å²) < 4.78 is 0. The van der Waals surface area contributed by atoms with E-state index in [1.807, 2.05) is 43.2 Å². The molecule has 1 nitrogen and oxygen atoms in total. The number of nitrogens with zero attached hydrogens (tertiary/aromatic N) is 1. The van der Waals surface area contributed by atoms with Gasteiger partial charge >= 0.3 is 0 Å². The molecule has 17 heavy (non-hydrogen) atoms. The highest BCUT2D eigenvalue weighted by Crippen LogP contribution is 2.33. The molecule has 1 heterocycles. The fourth-order valence-corrected chi connectivity index (χ4v) is 2.29. The van der Waals surface area contributed by atoms with Crippen molar-refractivity contribution < 1.29 is 0 Å². The van der Waals surface area contributed by atoms with Crippen LogP contribution in [0.15, 0.2) is 48.2 Å². The summed E-state index contributed by atoms with van der Waals surface area (Å²) in [4.78, 5) is 2.03. The fourth-order valence-electron chi connectivity index (χ4n) is 1.79. The first-order valence-electron chi connectivity index (χ1n) is 5.27. The molecule has 88 valence electrons. The third-order valence-corrected chi connectivity index (χ3v) is 3.47. The van der Waals surface area contributed by atoms with E-state index in [4.69, 9.17) is 23.2 Å². The van der Waals surface area contributed by atoms with Crippen molar-refractivity contribution in [2.24, 2.45) is 0 Å².